The second-order valence-corrected chi connectivity index (χ2v) is 9.29. The van der Waals surface area contributed by atoms with E-state index in [0.29, 0.717) is 31.9 Å². The summed E-state index contributed by atoms with van der Waals surface area (Å²) < 4.78 is 32.9. The van der Waals surface area contributed by atoms with Crippen molar-refractivity contribution in [2.24, 2.45) is 0 Å². The Labute approximate surface area is 166 Å². The lowest BCUT2D eigenvalue weighted by molar-refractivity contribution is 0.0732. The average molecular weight is 403 g/mol. The minimum absolute atomic E-state index is 0.115. The first-order valence-corrected chi connectivity index (χ1v) is 10.7. The molecule has 0 aromatic heterocycles. The zero-order chi connectivity index (χ0) is 20.5. The lowest BCUT2D eigenvalue weighted by atomic mass is 10.1. The molecule has 0 spiro atoms. The van der Waals surface area contributed by atoms with Crippen LogP contribution >= 0.6 is 0 Å². The number of likely N-dealkylation sites (N-methyl/N-ethyl adjacent to an activating group) is 1. The van der Waals surface area contributed by atoms with Gasteiger partial charge in [0.05, 0.1) is 10.5 Å². The first kappa shape index (κ1) is 20.5. The predicted molar refractivity (Wildman–Crippen MR) is 108 cm³/mol. The molecular formula is C21H26N2O4S. The molecule has 1 saturated heterocycles. The summed E-state index contributed by atoms with van der Waals surface area (Å²) in [7, 11) is -1.67. The second-order valence-electron chi connectivity index (χ2n) is 7.35. The third-order valence-electron chi connectivity index (χ3n) is 4.97. The van der Waals surface area contributed by atoms with Gasteiger partial charge >= 0.3 is 5.97 Å². The van der Waals surface area contributed by atoms with E-state index < -0.39 is 16.0 Å². The second kappa shape index (κ2) is 8.03. The van der Waals surface area contributed by atoms with Gasteiger partial charge < -0.3 is 9.64 Å². The quantitative estimate of drug-likeness (QED) is 0.581. The van der Waals surface area contributed by atoms with Crippen LogP contribution in [0.1, 0.15) is 27.0 Å². The van der Waals surface area contributed by atoms with Crippen molar-refractivity contribution in [2.45, 2.75) is 25.7 Å². The van der Waals surface area contributed by atoms with Gasteiger partial charge in [-0.2, -0.15) is 4.31 Å². The normalized spacial score (nSPS) is 16.1. The summed E-state index contributed by atoms with van der Waals surface area (Å²) in [6, 6.07) is 9.97. The van der Waals surface area contributed by atoms with Gasteiger partial charge in [-0.25, -0.2) is 13.2 Å². The highest BCUT2D eigenvalue weighted by Gasteiger charge is 2.28. The Bertz CT molecular complexity index is 970. The van der Waals surface area contributed by atoms with Crippen molar-refractivity contribution < 1.29 is 17.9 Å². The van der Waals surface area contributed by atoms with Gasteiger partial charge in [0.1, 0.15) is 5.75 Å². The molecule has 0 N–H and O–H groups in total. The summed E-state index contributed by atoms with van der Waals surface area (Å²) in [5, 5.41) is 0. The van der Waals surface area contributed by atoms with Gasteiger partial charge in [0, 0.05) is 26.2 Å². The highest BCUT2D eigenvalue weighted by Crippen LogP contribution is 2.26. The molecule has 0 radical (unpaired) electrons. The largest absolute Gasteiger partial charge is 0.422 e. The molecule has 7 heteroatoms. The van der Waals surface area contributed by atoms with Crippen LogP contribution in [0.15, 0.2) is 41.3 Å². The van der Waals surface area contributed by atoms with E-state index in [1.807, 2.05) is 40.0 Å². The van der Waals surface area contributed by atoms with E-state index in [9.17, 15) is 13.2 Å². The van der Waals surface area contributed by atoms with E-state index >= 15 is 0 Å². The first-order valence-electron chi connectivity index (χ1n) is 9.27. The number of aryl methyl sites for hydroxylation is 3. The van der Waals surface area contributed by atoms with Crippen LogP contribution in [0.5, 0.6) is 5.75 Å². The molecule has 2 aromatic carbocycles. The number of carbonyl (C=O) groups is 1. The summed E-state index contributed by atoms with van der Waals surface area (Å²) in [5.41, 5.74) is 3.05. The van der Waals surface area contributed by atoms with Crippen molar-refractivity contribution in [1.29, 1.82) is 0 Å². The monoisotopic (exact) mass is 402 g/mol. The van der Waals surface area contributed by atoms with Crippen LogP contribution in [0.3, 0.4) is 0 Å². The van der Waals surface area contributed by atoms with E-state index in [2.05, 4.69) is 4.90 Å². The summed E-state index contributed by atoms with van der Waals surface area (Å²) in [6.45, 7) is 8.01. The molecule has 1 fully saturated rings. The molecule has 1 aliphatic heterocycles. The minimum Gasteiger partial charge on any atom is -0.422 e. The lowest BCUT2D eigenvalue weighted by Crippen LogP contribution is -2.47. The van der Waals surface area contributed by atoms with Crippen LogP contribution in [0.2, 0.25) is 0 Å². The SMILES string of the molecule is Cc1cc(C)c(OC(=O)c2cccc(S(=O)(=O)N3CCN(C)CC3)c2)c(C)c1. The maximum Gasteiger partial charge on any atom is 0.343 e. The number of sulfonamides is 1. The number of esters is 1. The van der Waals surface area contributed by atoms with Crippen LogP contribution in [0.4, 0.5) is 0 Å². The van der Waals surface area contributed by atoms with E-state index in [4.69, 9.17) is 4.74 Å². The molecule has 28 heavy (non-hydrogen) atoms. The van der Waals surface area contributed by atoms with E-state index in [1.165, 1.54) is 16.4 Å². The number of nitrogens with zero attached hydrogens (tertiary/aromatic N) is 2. The Morgan fingerprint density at radius 3 is 2.18 bits per heavy atom. The van der Waals surface area contributed by atoms with Crippen LogP contribution in [0.25, 0.3) is 0 Å². The molecule has 6 nitrogen and oxygen atoms in total. The fourth-order valence-electron chi connectivity index (χ4n) is 3.44. The number of carbonyl (C=O) groups excluding carboxylic acids is 1. The molecule has 2 aromatic rings. The molecule has 0 saturated carbocycles. The van der Waals surface area contributed by atoms with Gasteiger partial charge in [-0.05, 0) is 57.1 Å². The van der Waals surface area contributed by atoms with Crippen LogP contribution in [-0.2, 0) is 10.0 Å². The fourth-order valence-corrected chi connectivity index (χ4v) is 4.91. The van der Waals surface area contributed by atoms with E-state index in [1.54, 1.807) is 12.1 Å². The molecule has 1 heterocycles. The van der Waals surface area contributed by atoms with Crippen molar-refractivity contribution in [3.63, 3.8) is 0 Å². The van der Waals surface area contributed by atoms with Gasteiger partial charge in [0.2, 0.25) is 10.0 Å². The molecule has 150 valence electrons. The number of hydrogen-bond acceptors (Lipinski definition) is 5. The van der Waals surface area contributed by atoms with Crippen molar-refractivity contribution >= 4 is 16.0 Å². The molecule has 3 rings (SSSR count). The molecule has 0 unspecified atom stereocenters. The van der Waals surface area contributed by atoms with Crippen LogP contribution < -0.4 is 4.74 Å². The fraction of sp³-hybridized carbons (Fsp3) is 0.381. The van der Waals surface area contributed by atoms with Crippen molar-refractivity contribution in [2.75, 3.05) is 33.2 Å². The Morgan fingerprint density at radius 2 is 1.57 bits per heavy atom. The maximum absolute atomic E-state index is 12.9. The topological polar surface area (TPSA) is 66.9 Å². The number of piperazine rings is 1. The Balaban J connectivity index is 1.84. The van der Waals surface area contributed by atoms with E-state index in [-0.39, 0.29) is 10.5 Å². The molecule has 0 aliphatic carbocycles. The highest BCUT2D eigenvalue weighted by molar-refractivity contribution is 7.89. The summed E-state index contributed by atoms with van der Waals surface area (Å²) in [6.07, 6.45) is 0. The van der Waals surface area contributed by atoms with Gasteiger partial charge in [0.15, 0.2) is 0 Å². The zero-order valence-electron chi connectivity index (χ0n) is 16.7. The number of rotatable bonds is 4. The Kier molecular flexibility index (Phi) is 5.88. The number of benzene rings is 2. The smallest absolute Gasteiger partial charge is 0.343 e. The summed E-state index contributed by atoms with van der Waals surface area (Å²) in [4.78, 5) is 14.9. The van der Waals surface area contributed by atoms with Gasteiger partial charge in [0.25, 0.3) is 0 Å². The molecule has 0 atom stereocenters. The van der Waals surface area contributed by atoms with Crippen molar-refractivity contribution in [1.82, 2.24) is 9.21 Å². The minimum atomic E-state index is -3.64. The zero-order valence-corrected chi connectivity index (χ0v) is 17.5. The molecular weight excluding hydrogens is 376 g/mol. The first-order chi connectivity index (χ1) is 13.2. The Hall–Kier alpha value is -2.22. The summed E-state index contributed by atoms with van der Waals surface area (Å²) >= 11 is 0. The van der Waals surface area contributed by atoms with Gasteiger partial charge in [-0.3, -0.25) is 0 Å². The third-order valence-corrected chi connectivity index (χ3v) is 6.86. The third kappa shape index (κ3) is 4.27. The Morgan fingerprint density at radius 1 is 0.964 bits per heavy atom. The highest BCUT2D eigenvalue weighted by atomic mass is 32.2. The number of hydrogen-bond donors (Lipinski definition) is 0. The van der Waals surface area contributed by atoms with Crippen molar-refractivity contribution in [3.05, 3.63) is 58.7 Å². The molecule has 1 aliphatic rings. The standard InChI is InChI=1S/C21H26N2O4S/c1-15-12-16(2)20(17(3)13-15)27-21(24)18-6-5-7-19(14-18)28(25,26)23-10-8-22(4)9-11-23/h5-7,12-14H,8-11H2,1-4H3. The van der Waals surface area contributed by atoms with Crippen LogP contribution in [-0.4, -0.2) is 56.8 Å². The van der Waals surface area contributed by atoms with Gasteiger partial charge in [-0.1, -0.05) is 23.8 Å². The van der Waals surface area contributed by atoms with Gasteiger partial charge in [-0.15, -0.1) is 0 Å². The summed E-state index contributed by atoms with van der Waals surface area (Å²) in [5.74, 6) is -0.0478. The number of ether oxygens (including phenoxy) is 1. The average Bonchev–Trinajstić information content (AvgIpc) is 2.65. The van der Waals surface area contributed by atoms with Crippen molar-refractivity contribution in [3.8, 4) is 5.75 Å². The van der Waals surface area contributed by atoms with E-state index in [0.717, 1.165) is 16.7 Å². The predicted octanol–water partition coefficient (Wildman–Crippen LogP) is 2.77. The van der Waals surface area contributed by atoms with Crippen LogP contribution in [0, 0.1) is 20.8 Å². The maximum atomic E-state index is 12.9. The lowest BCUT2D eigenvalue weighted by Gasteiger charge is -2.31. The molecule has 0 amide bonds. The molecule has 0 bridgehead atoms.